The second kappa shape index (κ2) is 2.51. The fourth-order valence-corrected chi connectivity index (χ4v) is 1.09. The van der Waals surface area contributed by atoms with Gasteiger partial charge in [-0.3, -0.25) is 0 Å². The SMILES string of the molecule is O=C(O)c1nc(C2(CF)CC2)no1. The molecule has 1 aromatic rings. The maximum Gasteiger partial charge on any atom is 0.394 e. The third-order valence-electron chi connectivity index (χ3n) is 2.19. The van der Waals surface area contributed by atoms with Gasteiger partial charge in [0.15, 0.2) is 5.82 Å². The number of aromatic carboxylic acids is 1. The summed E-state index contributed by atoms with van der Waals surface area (Å²) in [6, 6.07) is 0. The van der Waals surface area contributed by atoms with E-state index in [4.69, 9.17) is 5.11 Å². The predicted octanol–water partition coefficient (Wildman–Crippen LogP) is 0.769. The van der Waals surface area contributed by atoms with Gasteiger partial charge in [-0.15, -0.1) is 0 Å². The molecule has 6 heteroatoms. The molecule has 0 spiro atoms. The Hall–Kier alpha value is -1.46. The second-order valence-corrected chi connectivity index (χ2v) is 3.14. The Morgan fingerprint density at radius 3 is 2.77 bits per heavy atom. The van der Waals surface area contributed by atoms with Crippen molar-refractivity contribution in [1.82, 2.24) is 10.1 Å². The smallest absolute Gasteiger partial charge is 0.394 e. The standard InChI is InChI=1S/C7H7FN2O3/c8-3-7(1-2-7)6-9-4(5(11)12)13-10-6/h1-3H2,(H,11,12). The Morgan fingerprint density at radius 2 is 2.38 bits per heavy atom. The highest BCUT2D eigenvalue weighted by molar-refractivity contribution is 5.81. The van der Waals surface area contributed by atoms with E-state index in [1.807, 2.05) is 0 Å². The van der Waals surface area contributed by atoms with Gasteiger partial charge in [0.05, 0.1) is 5.41 Å². The van der Waals surface area contributed by atoms with Gasteiger partial charge in [-0.05, 0) is 12.8 Å². The fraction of sp³-hybridized carbons (Fsp3) is 0.571. The topological polar surface area (TPSA) is 76.2 Å². The Kier molecular flexibility index (Phi) is 1.58. The van der Waals surface area contributed by atoms with Crippen LogP contribution in [0, 0.1) is 0 Å². The number of hydrogen-bond acceptors (Lipinski definition) is 4. The maximum atomic E-state index is 12.5. The highest BCUT2D eigenvalue weighted by Gasteiger charge is 2.49. The van der Waals surface area contributed by atoms with Crippen molar-refractivity contribution in [2.24, 2.45) is 0 Å². The lowest BCUT2D eigenvalue weighted by molar-refractivity contribution is 0.0643. The van der Waals surface area contributed by atoms with Crippen molar-refractivity contribution < 1.29 is 18.8 Å². The molecule has 0 aromatic carbocycles. The van der Waals surface area contributed by atoms with Crippen LogP contribution >= 0.6 is 0 Å². The van der Waals surface area contributed by atoms with Gasteiger partial charge in [0.25, 0.3) is 0 Å². The monoisotopic (exact) mass is 186 g/mol. The fourth-order valence-electron chi connectivity index (χ4n) is 1.09. The van der Waals surface area contributed by atoms with E-state index in [2.05, 4.69) is 14.7 Å². The molecule has 0 saturated heterocycles. The molecule has 1 N–H and O–H groups in total. The first-order chi connectivity index (χ1) is 6.18. The summed E-state index contributed by atoms with van der Waals surface area (Å²) >= 11 is 0. The summed E-state index contributed by atoms with van der Waals surface area (Å²) in [4.78, 5) is 14.0. The van der Waals surface area contributed by atoms with Gasteiger partial charge in [-0.25, -0.2) is 9.18 Å². The lowest BCUT2D eigenvalue weighted by atomic mass is 10.1. The van der Waals surface area contributed by atoms with Crippen LogP contribution in [0.4, 0.5) is 4.39 Å². The van der Waals surface area contributed by atoms with E-state index in [1.54, 1.807) is 0 Å². The molecule has 2 rings (SSSR count). The minimum absolute atomic E-state index is 0.174. The quantitative estimate of drug-likeness (QED) is 0.754. The zero-order valence-electron chi connectivity index (χ0n) is 6.66. The van der Waals surface area contributed by atoms with Crippen LogP contribution in [0.5, 0.6) is 0 Å². The van der Waals surface area contributed by atoms with Crippen molar-refractivity contribution in [3.8, 4) is 0 Å². The van der Waals surface area contributed by atoms with Crippen molar-refractivity contribution >= 4 is 5.97 Å². The van der Waals surface area contributed by atoms with Gasteiger partial charge < -0.3 is 9.63 Å². The third kappa shape index (κ3) is 1.18. The molecular formula is C7H7FN2O3. The third-order valence-corrected chi connectivity index (χ3v) is 2.19. The molecule has 70 valence electrons. The molecular weight excluding hydrogens is 179 g/mol. The van der Waals surface area contributed by atoms with Crippen LogP contribution in [0.3, 0.4) is 0 Å². The predicted molar refractivity (Wildman–Crippen MR) is 38.1 cm³/mol. The molecule has 5 nitrogen and oxygen atoms in total. The van der Waals surface area contributed by atoms with Crippen LogP contribution in [0.25, 0.3) is 0 Å². The molecule has 1 aliphatic carbocycles. The Bertz CT molecular complexity index is 345. The number of carbonyl (C=O) groups is 1. The van der Waals surface area contributed by atoms with Crippen LogP contribution in [0.15, 0.2) is 4.52 Å². The number of aromatic nitrogens is 2. The van der Waals surface area contributed by atoms with Crippen LogP contribution < -0.4 is 0 Å². The average molecular weight is 186 g/mol. The number of carboxylic acids is 1. The number of alkyl halides is 1. The largest absolute Gasteiger partial charge is 0.474 e. The number of nitrogens with zero attached hydrogens (tertiary/aromatic N) is 2. The molecule has 0 amide bonds. The molecule has 0 atom stereocenters. The molecule has 0 aliphatic heterocycles. The summed E-state index contributed by atoms with van der Waals surface area (Å²) in [7, 11) is 0. The van der Waals surface area contributed by atoms with E-state index in [-0.39, 0.29) is 5.82 Å². The summed E-state index contributed by atoms with van der Waals surface area (Å²) in [6.07, 6.45) is 1.31. The van der Waals surface area contributed by atoms with Gasteiger partial charge in [-0.1, -0.05) is 5.16 Å². The molecule has 13 heavy (non-hydrogen) atoms. The highest BCUT2D eigenvalue weighted by atomic mass is 19.1. The molecule has 1 heterocycles. The molecule has 1 aliphatic rings. The zero-order chi connectivity index (χ0) is 9.47. The minimum atomic E-state index is -1.28. The number of hydrogen-bond donors (Lipinski definition) is 1. The summed E-state index contributed by atoms with van der Waals surface area (Å²) in [5.74, 6) is -1.59. The number of carboxylic acid groups (broad SMARTS) is 1. The molecule has 0 radical (unpaired) electrons. The van der Waals surface area contributed by atoms with Gasteiger partial charge in [-0.2, -0.15) is 4.98 Å². The number of rotatable bonds is 3. The van der Waals surface area contributed by atoms with Crippen molar-refractivity contribution in [3.63, 3.8) is 0 Å². The second-order valence-electron chi connectivity index (χ2n) is 3.14. The number of halogens is 1. The molecule has 1 saturated carbocycles. The normalized spacial score (nSPS) is 18.5. The summed E-state index contributed by atoms with van der Waals surface area (Å²) < 4.78 is 16.9. The molecule has 1 aromatic heterocycles. The van der Waals surface area contributed by atoms with Gasteiger partial charge in [0, 0.05) is 0 Å². The van der Waals surface area contributed by atoms with Crippen molar-refractivity contribution in [3.05, 3.63) is 11.7 Å². The molecule has 1 fully saturated rings. The highest BCUT2D eigenvalue weighted by Crippen LogP contribution is 2.46. The first kappa shape index (κ1) is 8.15. The van der Waals surface area contributed by atoms with Gasteiger partial charge >= 0.3 is 11.9 Å². The summed E-state index contributed by atoms with van der Waals surface area (Å²) in [6.45, 7) is -0.564. The first-order valence-electron chi connectivity index (χ1n) is 3.81. The zero-order valence-corrected chi connectivity index (χ0v) is 6.66. The van der Waals surface area contributed by atoms with Crippen LogP contribution in [-0.2, 0) is 5.41 Å². The van der Waals surface area contributed by atoms with E-state index < -0.39 is 23.9 Å². The lowest BCUT2D eigenvalue weighted by Gasteiger charge is -2.00. The van der Waals surface area contributed by atoms with E-state index in [1.165, 1.54) is 0 Å². The van der Waals surface area contributed by atoms with Gasteiger partial charge in [0.2, 0.25) is 0 Å². The average Bonchev–Trinajstić information content (AvgIpc) is 2.75. The Balaban J connectivity index is 2.28. The van der Waals surface area contributed by atoms with Crippen LogP contribution in [0.2, 0.25) is 0 Å². The molecule has 0 bridgehead atoms. The Morgan fingerprint density at radius 1 is 1.69 bits per heavy atom. The summed E-state index contributed by atoms with van der Waals surface area (Å²) in [5, 5.41) is 11.9. The van der Waals surface area contributed by atoms with Gasteiger partial charge in [0.1, 0.15) is 6.67 Å². The Labute approximate surface area is 72.6 Å². The maximum absolute atomic E-state index is 12.5. The van der Waals surface area contributed by atoms with Crippen molar-refractivity contribution in [2.75, 3.05) is 6.67 Å². The van der Waals surface area contributed by atoms with E-state index in [0.717, 1.165) is 0 Å². The first-order valence-corrected chi connectivity index (χ1v) is 3.81. The van der Waals surface area contributed by atoms with Crippen molar-refractivity contribution in [1.29, 1.82) is 0 Å². The van der Waals surface area contributed by atoms with E-state index in [0.29, 0.717) is 12.8 Å². The van der Waals surface area contributed by atoms with Crippen LogP contribution in [0.1, 0.15) is 29.4 Å². The van der Waals surface area contributed by atoms with Crippen LogP contribution in [-0.4, -0.2) is 27.9 Å². The lowest BCUT2D eigenvalue weighted by Crippen LogP contribution is -2.11. The molecule has 0 unspecified atom stereocenters. The minimum Gasteiger partial charge on any atom is -0.474 e. The van der Waals surface area contributed by atoms with E-state index >= 15 is 0 Å². The summed E-state index contributed by atoms with van der Waals surface area (Å²) in [5.41, 5.74) is -0.656. The van der Waals surface area contributed by atoms with Crippen molar-refractivity contribution in [2.45, 2.75) is 18.3 Å². The van der Waals surface area contributed by atoms with E-state index in [9.17, 15) is 9.18 Å².